The summed E-state index contributed by atoms with van der Waals surface area (Å²) in [5, 5.41) is 6.34. The fourth-order valence-corrected chi connectivity index (χ4v) is 2.69. The monoisotopic (exact) mass is 407 g/mol. The zero-order valence-electron chi connectivity index (χ0n) is 16.9. The molecule has 29 heavy (non-hydrogen) atoms. The number of aliphatic imine (C=N–C) groups is 1. The van der Waals surface area contributed by atoms with E-state index < -0.39 is 6.61 Å². The van der Waals surface area contributed by atoms with Crippen LogP contribution in [0.1, 0.15) is 23.6 Å². The third-order valence-electron chi connectivity index (χ3n) is 4.18. The molecule has 8 heteroatoms. The summed E-state index contributed by atoms with van der Waals surface area (Å²) in [7, 11) is 3.16. The van der Waals surface area contributed by atoms with Gasteiger partial charge in [-0.15, -0.1) is 0 Å². The molecule has 0 atom stereocenters. The number of hydrogen-bond acceptors (Lipinski definition) is 4. The van der Waals surface area contributed by atoms with Crippen molar-refractivity contribution in [3.8, 4) is 11.5 Å². The van der Waals surface area contributed by atoms with Crippen molar-refractivity contribution < 1.29 is 23.0 Å². The summed E-state index contributed by atoms with van der Waals surface area (Å²) in [6.07, 6.45) is 0. The van der Waals surface area contributed by atoms with Crippen molar-refractivity contribution in [1.29, 1.82) is 0 Å². The molecular weight excluding hydrogens is 380 g/mol. The Morgan fingerprint density at radius 3 is 2.34 bits per heavy atom. The number of nitrogens with one attached hydrogen (secondary N) is 2. The Hall–Kier alpha value is -2.87. The molecule has 0 aliphatic heterocycles. The number of rotatable bonds is 10. The van der Waals surface area contributed by atoms with Crippen LogP contribution in [0.15, 0.2) is 47.5 Å². The quantitative estimate of drug-likeness (QED) is 0.465. The molecule has 0 radical (unpaired) electrons. The second kappa shape index (κ2) is 11.9. The van der Waals surface area contributed by atoms with E-state index in [4.69, 9.17) is 9.47 Å². The van der Waals surface area contributed by atoms with E-state index in [0.29, 0.717) is 37.0 Å². The number of ether oxygens (including phenoxy) is 3. The number of benzene rings is 2. The van der Waals surface area contributed by atoms with E-state index in [-0.39, 0.29) is 12.3 Å². The number of alkyl halides is 2. The van der Waals surface area contributed by atoms with Crippen molar-refractivity contribution >= 4 is 5.96 Å². The summed E-state index contributed by atoms with van der Waals surface area (Å²) in [4.78, 5) is 4.19. The topological polar surface area (TPSA) is 64.1 Å². The van der Waals surface area contributed by atoms with Crippen LogP contribution in [0.2, 0.25) is 0 Å². The molecule has 0 heterocycles. The highest BCUT2D eigenvalue weighted by molar-refractivity contribution is 5.79. The summed E-state index contributed by atoms with van der Waals surface area (Å²) in [5.74, 6) is 1.17. The van der Waals surface area contributed by atoms with E-state index >= 15 is 0 Å². The van der Waals surface area contributed by atoms with Crippen molar-refractivity contribution in [3.63, 3.8) is 0 Å². The standard InChI is InChI=1S/C21H27F2N3O3/c1-4-28-14-16-8-6-5-7-15(16)12-25-21(24-2)26-13-17-11-18(27-3)9-10-19(17)29-20(22)23/h5-11,20H,4,12-14H2,1-3H3,(H2,24,25,26). The van der Waals surface area contributed by atoms with Crippen LogP contribution >= 0.6 is 0 Å². The Kier molecular flexibility index (Phi) is 9.17. The molecule has 0 amide bonds. The number of hydrogen-bond donors (Lipinski definition) is 2. The van der Waals surface area contributed by atoms with Crippen LogP contribution in [-0.2, 0) is 24.4 Å². The van der Waals surface area contributed by atoms with Crippen LogP contribution in [0.25, 0.3) is 0 Å². The van der Waals surface area contributed by atoms with E-state index in [9.17, 15) is 8.78 Å². The molecule has 0 unspecified atom stereocenters. The first kappa shape index (κ1) is 22.4. The summed E-state index contributed by atoms with van der Waals surface area (Å²) in [5.41, 5.74) is 2.72. The van der Waals surface area contributed by atoms with E-state index in [1.165, 1.54) is 13.2 Å². The summed E-state index contributed by atoms with van der Waals surface area (Å²) in [6, 6.07) is 12.7. The third kappa shape index (κ3) is 7.23. The van der Waals surface area contributed by atoms with Crippen molar-refractivity contribution in [1.82, 2.24) is 10.6 Å². The van der Waals surface area contributed by atoms with Crippen LogP contribution < -0.4 is 20.1 Å². The second-order valence-electron chi connectivity index (χ2n) is 6.04. The fraction of sp³-hybridized carbons (Fsp3) is 0.381. The minimum absolute atomic E-state index is 0.0887. The summed E-state index contributed by atoms with van der Waals surface area (Å²) in [6.45, 7) is 1.02. The molecule has 6 nitrogen and oxygen atoms in total. The fourth-order valence-electron chi connectivity index (χ4n) is 2.69. The van der Waals surface area contributed by atoms with E-state index in [0.717, 1.165) is 11.1 Å². The Balaban J connectivity index is 2.01. The lowest BCUT2D eigenvalue weighted by Crippen LogP contribution is -2.36. The Labute approximate surface area is 169 Å². The molecule has 0 aromatic heterocycles. The molecule has 0 fully saturated rings. The maximum absolute atomic E-state index is 12.7. The van der Waals surface area contributed by atoms with Gasteiger partial charge < -0.3 is 24.8 Å². The van der Waals surface area contributed by atoms with Gasteiger partial charge in [0.2, 0.25) is 0 Å². The van der Waals surface area contributed by atoms with Crippen molar-refractivity contribution in [2.45, 2.75) is 33.2 Å². The van der Waals surface area contributed by atoms with Crippen LogP contribution in [-0.4, -0.2) is 33.3 Å². The minimum atomic E-state index is -2.90. The largest absolute Gasteiger partial charge is 0.497 e. The van der Waals surface area contributed by atoms with E-state index in [1.807, 2.05) is 31.2 Å². The van der Waals surface area contributed by atoms with Gasteiger partial charge in [-0.2, -0.15) is 8.78 Å². The van der Waals surface area contributed by atoms with Gasteiger partial charge in [0.1, 0.15) is 11.5 Å². The maximum atomic E-state index is 12.7. The van der Waals surface area contributed by atoms with E-state index in [2.05, 4.69) is 20.4 Å². The highest BCUT2D eigenvalue weighted by Gasteiger charge is 2.12. The zero-order chi connectivity index (χ0) is 21.1. The molecule has 2 aromatic rings. The van der Waals surface area contributed by atoms with Crippen LogP contribution in [0.5, 0.6) is 11.5 Å². The van der Waals surface area contributed by atoms with Crippen molar-refractivity contribution in [2.24, 2.45) is 4.99 Å². The van der Waals surface area contributed by atoms with Gasteiger partial charge in [-0.1, -0.05) is 24.3 Å². The molecule has 0 aliphatic rings. The van der Waals surface area contributed by atoms with Gasteiger partial charge in [-0.05, 0) is 36.2 Å². The van der Waals surface area contributed by atoms with Crippen molar-refractivity contribution in [3.05, 3.63) is 59.2 Å². The molecule has 0 saturated carbocycles. The molecular formula is C21H27F2N3O3. The predicted molar refractivity (Wildman–Crippen MR) is 108 cm³/mol. The van der Waals surface area contributed by atoms with Gasteiger partial charge in [0.25, 0.3) is 0 Å². The third-order valence-corrected chi connectivity index (χ3v) is 4.18. The van der Waals surface area contributed by atoms with Crippen molar-refractivity contribution in [2.75, 3.05) is 20.8 Å². The van der Waals surface area contributed by atoms with Gasteiger partial charge in [0, 0.05) is 32.3 Å². The molecule has 0 aliphatic carbocycles. The molecule has 2 rings (SSSR count). The van der Waals surface area contributed by atoms with Gasteiger partial charge in [0.05, 0.1) is 13.7 Å². The molecule has 0 bridgehead atoms. The molecule has 0 saturated heterocycles. The van der Waals surface area contributed by atoms with Gasteiger partial charge >= 0.3 is 6.61 Å². The normalized spacial score (nSPS) is 11.4. The lowest BCUT2D eigenvalue weighted by Gasteiger charge is -2.16. The number of nitrogens with zero attached hydrogens (tertiary/aromatic N) is 1. The van der Waals surface area contributed by atoms with E-state index in [1.54, 1.807) is 19.2 Å². The highest BCUT2D eigenvalue weighted by Crippen LogP contribution is 2.25. The zero-order valence-corrected chi connectivity index (χ0v) is 16.9. The predicted octanol–water partition coefficient (Wildman–Crippen LogP) is 3.70. The number of guanidine groups is 1. The van der Waals surface area contributed by atoms with Crippen LogP contribution in [0.3, 0.4) is 0 Å². The first-order valence-corrected chi connectivity index (χ1v) is 9.28. The first-order chi connectivity index (χ1) is 14.1. The lowest BCUT2D eigenvalue weighted by atomic mass is 10.1. The second-order valence-corrected chi connectivity index (χ2v) is 6.04. The molecule has 0 spiro atoms. The summed E-state index contributed by atoms with van der Waals surface area (Å²) >= 11 is 0. The van der Waals surface area contributed by atoms with Gasteiger partial charge in [0.15, 0.2) is 5.96 Å². The Morgan fingerprint density at radius 1 is 1.03 bits per heavy atom. The lowest BCUT2D eigenvalue weighted by molar-refractivity contribution is -0.0505. The average Bonchev–Trinajstić information content (AvgIpc) is 2.73. The van der Waals surface area contributed by atoms with Crippen LogP contribution in [0.4, 0.5) is 8.78 Å². The highest BCUT2D eigenvalue weighted by atomic mass is 19.3. The van der Waals surface area contributed by atoms with Gasteiger partial charge in [-0.25, -0.2) is 0 Å². The van der Waals surface area contributed by atoms with Gasteiger partial charge in [-0.3, -0.25) is 4.99 Å². The molecule has 2 aromatic carbocycles. The smallest absolute Gasteiger partial charge is 0.387 e. The Bertz CT molecular complexity index is 800. The minimum Gasteiger partial charge on any atom is -0.497 e. The first-order valence-electron chi connectivity index (χ1n) is 9.28. The Morgan fingerprint density at radius 2 is 1.72 bits per heavy atom. The average molecular weight is 407 g/mol. The summed E-state index contributed by atoms with van der Waals surface area (Å²) < 4.78 is 40.6. The number of halogens is 2. The molecule has 158 valence electrons. The SMILES string of the molecule is CCOCc1ccccc1CNC(=NC)NCc1cc(OC)ccc1OC(F)F. The molecule has 2 N–H and O–H groups in total. The maximum Gasteiger partial charge on any atom is 0.387 e. The number of methoxy groups -OCH3 is 1. The van der Waals surface area contributed by atoms with Crippen LogP contribution in [0, 0.1) is 0 Å².